The SMILES string of the molecule is CCC(=Nc1ccc(C)cc1)Nc1ccc(C)cc1. The Hall–Kier alpha value is -2.09. The van der Waals surface area contributed by atoms with E-state index in [9.17, 15) is 0 Å². The molecule has 0 spiro atoms. The number of nitrogens with zero attached hydrogens (tertiary/aromatic N) is 1. The van der Waals surface area contributed by atoms with Crippen molar-refractivity contribution >= 4 is 17.2 Å². The summed E-state index contributed by atoms with van der Waals surface area (Å²) in [5.74, 6) is 0.979. The van der Waals surface area contributed by atoms with Crippen LogP contribution in [0.4, 0.5) is 11.4 Å². The van der Waals surface area contributed by atoms with E-state index in [1.165, 1.54) is 11.1 Å². The van der Waals surface area contributed by atoms with Crippen LogP contribution in [0, 0.1) is 13.8 Å². The summed E-state index contributed by atoms with van der Waals surface area (Å²) in [6.45, 7) is 6.28. The molecule has 1 N–H and O–H groups in total. The minimum atomic E-state index is 0.877. The first-order valence-corrected chi connectivity index (χ1v) is 6.65. The maximum Gasteiger partial charge on any atom is 0.106 e. The number of aryl methyl sites for hydroxylation is 2. The second-order valence-electron chi connectivity index (χ2n) is 4.74. The number of hydrogen-bond acceptors (Lipinski definition) is 1. The van der Waals surface area contributed by atoms with Gasteiger partial charge < -0.3 is 5.32 Å². The topological polar surface area (TPSA) is 24.4 Å². The fourth-order valence-corrected chi connectivity index (χ4v) is 1.77. The summed E-state index contributed by atoms with van der Waals surface area (Å²) in [4.78, 5) is 4.64. The van der Waals surface area contributed by atoms with Gasteiger partial charge in [-0.25, -0.2) is 4.99 Å². The molecule has 0 atom stereocenters. The zero-order valence-corrected chi connectivity index (χ0v) is 11.8. The predicted octanol–water partition coefficient (Wildman–Crippen LogP) is 4.86. The van der Waals surface area contributed by atoms with Crippen molar-refractivity contribution in [3.8, 4) is 0 Å². The summed E-state index contributed by atoms with van der Waals surface area (Å²) < 4.78 is 0. The molecule has 0 aliphatic carbocycles. The molecule has 0 radical (unpaired) electrons. The van der Waals surface area contributed by atoms with Crippen molar-refractivity contribution in [1.82, 2.24) is 0 Å². The van der Waals surface area contributed by atoms with Crippen molar-refractivity contribution in [2.75, 3.05) is 5.32 Å². The molecule has 0 fully saturated rings. The van der Waals surface area contributed by atoms with Crippen molar-refractivity contribution in [1.29, 1.82) is 0 Å². The quantitative estimate of drug-likeness (QED) is 0.612. The minimum absolute atomic E-state index is 0.877. The van der Waals surface area contributed by atoms with Crippen LogP contribution in [0.1, 0.15) is 24.5 Å². The summed E-state index contributed by atoms with van der Waals surface area (Å²) in [6, 6.07) is 16.6. The van der Waals surface area contributed by atoms with Crippen LogP contribution in [0.15, 0.2) is 53.5 Å². The van der Waals surface area contributed by atoms with Crippen molar-refractivity contribution < 1.29 is 0 Å². The Morgan fingerprint density at radius 2 is 1.42 bits per heavy atom. The molecule has 0 saturated heterocycles. The van der Waals surface area contributed by atoms with Gasteiger partial charge in [0.1, 0.15) is 5.84 Å². The Kier molecular flexibility index (Phi) is 4.35. The first kappa shape index (κ1) is 13.3. The van der Waals surface area contributed by atoms with Crippen molar-refractivity contribution in [2.24, 2.45) is 4.99 Å². The summed E-state index contributed by atoms with van der Waals surface area (Å²) in [7, 11) is 0. The van der Waals surface area contributed by atoms with Crippen LogP contribution in [0.3, 0.4) is 0 Å². The molecular weight excluding hydrogens is 232 g/mol. The standard InChI is InChI=1S/C17H20N2/c1-4-17(18-15-9-5-13(2)6-10-15)19-16-11-7-14(3)8-12-16/h5-12H,4H2,1-3H3,(H,18,19). The first-order chi connectivity index (χ1) is 9.17. The molecule has 2 aromatic rings. The van der Waals surface area contributed by atoms with Gasteiger partial charge in [0.25, 0.3) is 0 Å². The lowest BCUT2D eigenvalue weighted by atomic mass is 10.2. The van der Waals surface area contributed by atoms with Crippen molar-refractivity contribution in [2.45, 2.75) is 27.2 Å². The van der Waals surface area contributed by atoms with Gasteiger partial charge in [-0.15, -0.1) is 0 Å². The van der Waals surface area contributed by atoms with Crippen LogP contribution < -0.4 is 5.32 Å². The maximum absolute atomic E-state index is 4.64. The number of benzene rings is 2. The van der Waals surface area contributed by atoms with E-state index in [0.29, 0.717) is 0 Å². The molecule has 0 bridgehead atoms. The molecular formula is C17H20N2. The molecule has 19 heavy (non-hydrogen) atoms. The summed E-state index contributed by atoms with van der Waals surface area (Å²) in [5.41, 5.74) is 4.59. The Morgan fingerprint density at radius 1 is 0.895 bits per heavy atom. The highest BCUT2D eigenvalue weighted by atomic mass is 15.0. The monoisotopic (exact) mass is 252 g/mol. The lowest BCUT2D eigenvalue weighted by Crippen LogP contribution is -2.10. The average molecular weight is 252 g/mol. The Labute approximate surface area is 115 Å². The van der Waals surface area contributed by atoms with Crippen LogP contribution in [-0.4, -0.2) is 5.84 Å². The molecule has 2 nitrogen and oxygen atoms in total. The average Bonchev–Trinajstić information content (AvgIpc) is 2.43. The van der Waals surface area contributed by atoms with Gasteiger partial charge in [0.15, 0.2) is 0 Å². The highest BCUT2D eigenvalue weighted by Gasteiger charge is 1.98. The normalized spacial score (nSPS) is 11.4. The van der Waals surface area contributed by atoms with E-state index < -0.39 is 0 Å². The lowest BCUT2D eigenvalue weighted by molar-refractivity contribution is 1.25. The molecule has 2 aromatic carbocycles. The van der Waals surface area contributed by atoms with E-state index in [2.05, 4.69) is 67.5 Å². The Morgan fingerprint density at radius 3 is 1.95 bits per heavy atom. The van der Waals surface area contributed by atoms with Crippen molar-refractivity contribution in [3.05, 3.63) is 59.7 Å². The number of anilines is 1. The third kappa shape index (κ3) is 3.95. The van der Waals surface area contributed by atoms with Gasteiger partial charge in [0.05, 0.1) is 5.69 Å². The third-order valence-electron chi connectivity index (χ3n) is 2.97. The number of hydrogen-bond donors (Lipinski definition) is 1. The molecule has 2 heteroatoms. The van der Waals surface area contributed by atoms with Gasteiger partial charge in [-0.1, -0.05) is 42.3 Å². The molecule has 0 unspecified atom stereocenters. The van der Waals surface area contributed by atoms with Gasteiger partial charge in [-0.05, 0) is 38.1 Å². The highest BCUT2D eigenvalue weighted by Crippen LogP contribution is 2.15. The van der Waals surface area contributed by atoms with Gasteiger partial charge in [0, 0.05) is 12.1 Å². The van der Waals surface area contributed by atoms with Gasteiger partial charge >= 0.3 is 0 Å². The van der Waals surface area contributed by atoms with E-state index in [1.807, 2.05) is 12.1 Å². The fourth-order valence-electron chi connectivity index (χ4n) is 1.77. The number of amidine groups is 1. The lowest BCUT2D eigenvalue weighted by Gasteiger charge is -2.08. The highest BCUT2D eigenvalue weighted by molar-refractivity contribution is 5.96. The van der Waals surface area contributed by atoms with Crippen LogP contribution >= 0.6 is 0 Å². The van der Waals surface area contributed by atoms with Crippen LogP contribution in [0.25, 0.3) is 0 Å². The molecule has 0 aromatic heterocycles. The van der Waals surface area contributed by atoms with Gasteiger partial charge in [-0.2, -0.15) is 0 Å². The van der Waals surface area contributed by atoms with E-state index in [1.54, 1.807) is 0 Å². The van der Waals surface area contributed by atoms with E-state index >= 15 is 0 Å². The smallest absolute Gasteiger partial charge is 0.106 e. The van der Waals surface area contributed by atoms with E-state index in [0.717, 1.165) is 23.6 Å². The number of rotatable bonds is 3. The second kappa shape index (κ2) is 6.19. The molecule has 0 aliphatic rings. The zero-order chi connectivity index (χ0) is 13.7. The zero-order valence-electron chi connectivity index (χ0n) is 11.8. The molecule has 0 saturated carbocycles. The molecule has 0 heterocycles. The van der Waals surface area contributed by atoms with Crippen molar-refractivity contribution in [3.63, 3.8) is 0 Å². The van der Waals surface area contributed by atoms with Gasteiger partial charge in [0.2, 0.25) is 0 Å². The number of nitrogens with one attached hydrogen (secondary N) is 1. The fraction of sp³-hybridized carbons (Fsp3) is 0.235. The van der Waals surface area contributed by atoms with Crippen LogP contribution in [0.5, 0.6) is 0 Å². The minimum Gasteiger partial charge on any atom is -0.344 e. The molecule has 2 rings (SSSR count). The summed E-state index contributed by atoms with van der Waals surface area (Å²) in [5, 5.41) is 3.37. The largest absolute Gasteiger partial charge is 0.344 e. The molecule has 0 aliphatic heterocycles. The number of aliphatic imine (C=N–C) groups is 1. The van der Waals surface area contributed by atoms with Crippen LogP contribution in [0.2, 0.25) is 0 Å². The van der Waals surface area contributed by atoms with E-state index in [-0.39, 0.29) is 0 Å². The van der Waals surface area contributed by atoms with Crippen LogP contribution in [-0.2, 0) is 0 Å². The summed E-state index contributed by atoms with van der Waals surface area (Å²) >= 11 is 0. The molecule has 0 amide bonds. The second-order valence-corrected chi connectivity index (χ2v) is 4.74. The predicted molar refractivity (Wildman–Crippen MR) is 83.4 cm³/mol. The first-order valence-electron chi connectivity index (χ1n) is 6.65. The Balaban J connectivity index is 2.15. The Bertz CT molecular complexity index is 551. The molecule has 98 valence electrons. The summed E-state index contributed by atoms with van der Waals surface area (Å²) in [6.07, 6.45) is 0.877. The third-order valence-corrected chi connectivity index (χ3v) is 2.97. The maximum atomic E-state index is 4.64. The van der Waals surface area contributed by atoms with E-state index in [4.69, 9.17) is 0 Å². The van der Waals surface area contributed by atoms with Gasteiger partial charge in [-0.3, -0.25) is 0 Å².